The fourth-order valence-corrected chi connectivity index (χ4v) is 6.61. The summed E-state index contributed by atoms with van der Waals surface area (Å²) in [6, 6.07) is 13.3. The average Bonchev–Trinajstić information content (AvgIpc) is 3.63. The number of nitrogens with one attached hydrogen (secondary N) is 1. The van der Waals surface area contributed by atoms with Gasteiger partial charge in [0.15, 0.2) is 5.82 Å². The second-order valence-electron chi connectivity index (χ2n) is 11.6. The lowest BCUT2D eigenvalue weighted by Crippen LogP contribution is -2.45. The molecule has 1 aromatic heterocycles. The molecule has 0 spiro atoms. The van der Waals surface area contributed by atoms with Gasteiger partial charge in [0, 0.05) is 43.9 Å². The van der Waals surface area contributed by atoms with Crippen molar-refractivity contribution in [2.45, 2.75) is 45.6 Å². The summed E-state index contributed by atoms with van der Waals surface area (Å²) in [5, 5.41) is 23.0. The molecule has 14 heteroatoms. The van der Waals surface area contributed by atoms with Crippen LogP contribution in [0.5, 0.6) is 0 Å². The highest BCUT2D eigenvalue weighted by Gasteiger charge is 2.37. The molecule has 1 unspecified atom stereocenters. The average molecular weight is 688 g/mol. The molecule has 1 atom stereocenters. The molecule has 3 heterocycles. The number of hydrogen-bond acceptors (Lipinski definition) is 7. The number of tetrazole rings is 1. The van der Waals surface area contributed by atoms with Gasteiger partial charge in [-0.1, -0.05) is 37.2 Å². The summed E-state index contributed by atoms with van der Waals surface area (Å²) in [7, 11) is 0. The molecule has 6 rings (SSSR count). The lowest BCUT2D eigenvalue weighted by Gasteiger charge is -2.39. The first-order valence-corrected chi connectivity index (χ1v) is 15.7. The SMILES string of the molecule is C.CC(=O)N1CCC(c2cccc3c2CCN(C(=O)/C=C/c2c(-n4cnnn4)ccc(Cl)c2F)C3C(=O)Nc2ccc(C(=O)O)cc2)CC1. The summed E-state index contributed by atoms with van der Waals surface area (Å²) in [5.41, 5.74) is 3.41. The Balaban J connectivity index is 0.00000468. The number of carbonyl (C=O) groups excluding carboxylic acids is 3. The molecule has 0 bridgehead atoms. The molecular weight excluding hydrogens is 653 g/mol. The van der Waals surface area contributed by atoms with Gasteiger partial charge < -0.3 is 20.2 Å². The number of carboxylic acids is 1. The molecule has 4 aromatic rings. The van der Waals surface area contributed by atoms with E-state index in [0.29, 0.717) is 30.8 Å². The van der Waals surface area contributed by atoms with Crippen LogP contribution in [0.15, 0.2) is 67.0 Å². The van der Waals surface area contributed by atoms with Gasteiger partial charge >= 0.3 is 5.97 Å². The summed E-state index contributed by atoms with van der Waals surface area (Å²) < 4.78 is 16.5. The second kappa shape index (κ2) is 14.8. The Labute approximate surface area is 287 Å². The number of hydrogen-bond donors (Lipinski definition) is 2. The zero-order valence-electron chi connectivity index (χ0n) is 25.8. The summed E-state index contributed by atoms with van der Waals surface area (Å²) in [6.07, 6.45) is 5.81. The van der Waals surface area contributed by atoms with Crippen LogP contribution in [0.25, 0.3) is 11.8 Å². The first-order chi connectivity index (χ1) is 23.1. The molecule has 0 radical (unpaired) electrons. The fraction of sp³-hybridized carbons (Fsp3) is 0.286. The Morgan fingerprint density at radius 1 is 1.00 bits per heavy atom. The van der Waals surface area contributed by atoms with Gasteiger partial charge in [0.1, 0.15) is 12.4 Å². The van der Waals surface area contributed by atoms with E-state index in [1.54, 1.807) is 6.92 Å². The molecule has 0 aliphatic carbocycles. The number of likely N-dealkylation sites (tertiary alicyclic amines) is 1. The number of halogens is 2. The third-order valence-electron chi connectivity index (χ3n) is 8.87. The van der Waals surface area contributed by atoms with E-state index in [-0.39, 0.29) is 47.6 Å². The fourth-order valence-electron chi connectivity index (χ4n) is 6.45. The molecule has 3 amide bonds. The predicted molar refractivity (Wildman–Crippen MR) is 181 cm³/mol. The number of fused-ring (bicyclic) bond motifs is 1. The van der Waals surface area contributed by atoms with Crippen molar-refractivity contribution in [2.75, 3.05) is 25.0 Å². The van der Waals surface area contributed by atoms with Gasteiger partial charge in [-0.15, -0.1) is 5.10 Å². The van der Waals surface area contributed by atoms with Crippen molar-refractivity contribution < 1.29 is 28.7 Å². The molecule has 12 nitrogen and oxygen atoms in total. The van der Waals surface area contributed by atoms with Crippen LogP contribution in [-0.4, -0.2) is 78.4 Å². The van der Waals surface area contributed by atoms with Crippen LogP contribution in [-0.2, 0) is 20.8 Å². The highest BCUT2D eigenvalue weighted by Crippen LogP contribution is 2.39. The minimum absolute atomic E-state index is 0. The first-order valence-electron chi connectivity index (χ1n) is 15.3. The van der Waals surface area contributed by atoms with Crippen LogP contribution in [0.2, 0.25) is 5.02 Å². The van der Waals surface area contributed by atoms with Crippen LogP contribution < -0.4 is 5.32 Å². The molecule has 49 heavy (non-hydrogen) atoms. The molecule has 2 aliphatic heterocycles. The second-order valence-corrected chi connectivity index (χ2v) is 12.0. The molecule has 0 saturated carbocycles. The predicted octanol–water partition coefficient (Wildman–Crippen LogP) is 5.29. The minimum atomic E-state index is -1.10. The van der Waals surface area contributed by atoms with E-state index in [1.165, 1.54) is 64.5 Å². The van der Waals surface area contributed by atoms with E-state index >= 15 is 4.39 Å². The van der Waals surface area contributed by atoms with Gasteiger partial charge in [0.05, 0.1) is 16.3 Å². The van der Waals surface area contributed by atoms with Crippen LogP contribution in [0.1, 0.15) is 71.8 Å². The maximum atomic E-state index is 15.2. The Kier molecular flexibility index (Phi) is 10.5. The number of carboxylic acid groups (broad SMARTS) is 1. The van der Waals surface area contributed by atoms with Crippen molar-refractivity contribution in [3.63, 3.8) is 0 Å². The molecule has 2 aliphatic rings. The number of benzene rings is 3. The molecule has 1 fully saturated rings. The van der Waals surface area contributed by atoms with Crippen molar-refractivity contribution in [2.24, 2.45) is 0 Å². The van der Waals surface area contributed by atoms with E-state index < -0.39 is 29.6 Å². The molecule has 254 valence electrons. The third kappa shape index (κ3) is 7.21. The number of aromatic carboxylic acids is 1. The number of amides is 3. The van der Waals surface area contributed by atoms with E-state index in [1.807, 2.05) is 23.1 Å². The van der Waals surface area contributed by atoms with Crippen molar-refractivity contribution >= 4 is 47.1 Å². The number of aromatic nitrogens is 4. The first kappa shape index (κ1) is 34.9. The van der Waals surface area contributed by atoms with Gasteiger partial charge in [-0.25, -0.2) is 9.18 Å². The lowest BCUT2D eigenvalue weighted by atomic mass is 9.80. The van der Waals surface area contributed by atoms with Crippen LogP contribution in [0.3, 0.4) is 0 Å². The van der Waals surface area contributed by atoms with E-state index in [9.17, 15) is 24.3 Å². The number of anilines is 1. The van der Waals surface area contributed by atoms with Crippen LogP contribution >= 0.6 is 11.6 Å². The standard InChI is InChI=1S/C34H31ClFN7O5.CH4/c1-20(44)41-16-13-21(14-17-41)24-3-2-4-26-25(24)15-18-42(32(26)33(46)38-23-7-5-22(6-8-23)34(47)48)30(45)12-9-27-29(43-19-37-39-40-43)11-10-28(35)31(27)36;/h2-12,19,21,32H,13-18H2,1H3,(H,38,46)(H,47,48);1H4/b12-9+;. The van der Waals surface area contributed by atoms with Crippen LogP contribution in [0.4, 0.5) is 10.1 Å². The Hall–Kier alpha value is -5.43. The Morgan fingerprint density at radius 3 is 2.37 bits per heavy atom. The number of piperidine rings is 1. The monoisotopic (exact) mass is 687 g/mol. The summed E-state index contributed by atoms with van der Waals surface area (Å²) in [5.74, 6) is -2.67. The molecular formula is C35H35ClFN7O5. The van der Waals surface area contributed by atoms with Crippen molar-refractivity contribution in [1.29, 1.82) is 0 Å². The number of nitrogens with zero attached hydrogens (tertiary/aromatic N) is 6. The zero-order valence-corrected chi connectivity index (χ0v) is 26.6. The Morgan fingerprint density at radius 2 is 1.71 bits per heavy atom. The zero-order chi connectivity index (χ0) is 33.9. The third-order valence-corrected chi connectivity index (χ3v) is 9.16. The molecule has 1 saturated heterocycles. The minimum Gasteiger partial charge on any atom is -0.478 e. The molecule has 2 N–H and O–H groups in total. The summed E-state index contributed by atoms with van der Waals surface area (Å²) in [6.45, 7) is 3.05. The summed E-state index contributed by atoms with van der Waals surface area (Å²) in [4.78, 5) is 54.5. The van der Waals surface area contributed by atoms with Gasteiger partial charge in [0.25, 0.3) is 5.91 Å². The smallest absolute Gasteiger partial charge is 0.335 e. The van der Waals surface area contributed by atoms with Crippen molar-refractivity contribution in [3.8, 4) is 5.69 Å². The van der Waals surface area contributed by atoms with E-state index in [2.05, 4.69) is 20.8 Å². The van der Waals surface area contributed by atoms with Gasteiger partial charge in [-0.05, 0) is 94.8 Å². The van der Waals surface area contributed by atoms with Gasteiger partial charge in [-0.2, -0.15) is 4.68 Å². The van der Waals surface area contributed by atoms with Crippen LogP contribution in [0, 0.1) is 5.82 Å². The van der Waals surface area contributed by atoms with E-state index in [0.717, 1.165) is 24.0 Å². The molecule has 3 aromatic carbocycles. The number of rotatable bonds is 7. The quantitative estimate of drug-likeness (QED) is 0.249. The highest BCUT2D eigenvalue weighted by molar-refractivity contribution is 6.31. The van der Waals surface area contributed by atoms with Crippen molar-refractivity contribution in [1.82, 2.24) is 30.0 Å². The maximum absolute atomic E-state index is 15.2. The largest absolute Gasteiger partial charge is 0.478 e. The van der Waals surface area contributed by atoms with Gasteiger partial charge in [-0.3, -0.25) is 14.4 Å². The number of carbonyl (C=O) groups is 4. The summed E-state index contributed by atoms with van der Waals surface area (Å²) >= 11 is 6.07. The van der Waals surface area contributed by atoms with Gasteiger partial charge in [0.2, 0.25) is 11.8 Å². The highest BCUT2D eigenvalue weighted by atomic mass is 35.5. The maximum Gasteiger partial charge on any atom is 0.335 e. The lowest BCUT2D eigenvalue weighted by molar-refractivity contribution is -0.135. The normalized spacial score (nSPS) is 16.2. The Bertz CT molecular complexity index is 1910. The topological polar surface area (TPSA) is 151 Å². The van der Waals surface area contributed by atoms with E-state index in [4.69, 9.17) is 11.6 Å². The van der Waals surface area contributed by atoms with Crippen molar-refractivity contribution in [3.05, 3.63) is 106 Å².